The van der Waals surface area contributed by atoms with Crippen LogP contribution in [0, 0.1) is 0 Å². The predicted molar refractivity (Wildman–Crippen MR) is 134 cm³/mol. The number of benzene rings is 2. The number of halogens is 2. The van der Waals surface area contributed by atoms with E-state index in [-0.39, 0.29) is 21.5 Å². The van der Waals surface area contributed by atoms with E-state index in [4.69, 9.17) is 23.2 Å². The standard InChI is InChI=1S/C24H24Cl2N6O2/c1-2-32(31-12-3-4-13-31)23(34)16-8-10-17(11-9-16)30-24-27-14-18(15-28-24)29-22(33)21-19(25)6-5-7-20(21)26/h5-11,14-15H,2-4,12-13H2,1H3,(H,29,33)(H,27,28,30). The van der Waals surface area contributed by atoms with Crippen molar-refractivity contribution in [3.63, 3.8) is 0 Å². The minimum absolute atomic E-state index is 0.00841. The van der Waals surface area contributed by atoms with Gasteiger partial charge in [-0.25, -0.2) is 15.0 Å². The lowest BCUT2D eigenvalue weighted by Gasteiger charge is -2.30. The SMILES string of the molecule is CCN(C(=O)c1ccc(Nc2ncc(NC(=O)c3c(Cl)cccc3Cl)cn2)cc1)N1CCCC1. The number of anilines is 3. The van der Waals surface area contributed by atoms with Gasteiger partial charge < -0.3 is 10.6 Å². The number of rotatable bonds is 7. The van der Waals surface area contributed by atoms with Gasteiger partial charge >= 0.3 is 0 Å². The van der Waals surface area contributed by atoms with Crippen LogP contribution in [0.5, 0.6) is 0 Å². The first-order valence-electron chi connectivity index (χ1n) is 11.0. The summed E-state index contributed by atoms with van der Waals surface area (Å²) in [5.74, 6) is -0.110. The number of carbonyl (C=O) groups excluding carboxylic acids is 2. The van der Waals surface area contributed by atoms with Gasteiger partial charge in [0, 0.05) is 30.9 Å². The molecule has 0 spiro atoms. The fourth-order valence-electron chi connectivity index (χ4n) is 3.75. The van der Waals surface area contributed by atoms with E-state index >= 15 is 0 Å². The van der Waals surface area contributed by atoms with Crippen LogP contribution in [0.1, 0.15) is 40.5 Å². The molecule has 3 aromatic rings. The van der Waals surface area contributed by atoms with E-state index in [1.807, 2.05) is 19.1 Å². The maximum atomic E-state index is 12.9. The Labute approximate surface area is 207 Å². The van der Waals surface area contributed by atoms with Crippen LogP contribution in [-0.4, -0.2) is 51.4 Å². The molecule has 0 radical (unpaired) electrons. The Bertz CT molecular complexity index is 1140. The van der Waals surface area contributed by atoms with E-state index in [0.717, 1.165) is 31.6 Å². The molecule has 0 unspecified atom stereocenters. The van der Waals surface area contributed by atoms with Crippen molar-refractivity contribution < 1.29 is 9.59 Å². The number of nitrogens with one attached hydrogen (secondary N) is 2. The van der Waals surface area contributed by atoms with Crippen molar-refractivity contribution in [2.24, 2.45) is 0 Å². The summed E-state index contributed by atoms with van der Waals surface area (Å²) < 4.78 is 0. The molecule has 176 valence electrons. The Hall–Kier alpha value is -3.20. The molecule has 1 aromatic heterocycles. The lowest BCUT2D eigenvalue weighted by molar-refractivity contribution is 0.00736. The van der Waals surface area contributed by atoms with Gasteiger partial charge in [-0.05, 0) is 56.2 Å². The molecule has 2 heterocycles. The highest BCUT2D eigenvalue weighted by Gasteiger charge is 2.23. The zero-order chi connectivity index (χ0) is 24.1. The van der Waals surface area contributed by atoms with Gasteiger partial charge in [-0.1, -0.05) is 29.3 Å². The van der Waals surface area contributed by atoms with Gasteiger partial charge in [-0.2, -0.15) is 0 Å². The van der Waals surface area contributed by atoms with Crippen LogP contribution in [-0.2, 0) is 0 Å². The summed E-state index contributed by atoms with van der Waals surface area (Å²) in [6.07, 6.45) is 5.18. The van der Waals surface area contributed by atoms with Gasteiger partial charge in [-0.3, -0.25) is 14.6 Å². The summed E-state index contributed by atoms with van der Waals surface area (Å²) in [7, 11) is 0. The largest absolute Gasteiger partial charge is 0.324 e. The van der Waals surface area contributed by atoms with Gasteiger partial charge in [0.05, 0.1) is 33.7 Å². The minimum Gasteiger partial charge on any atom is -0.324 e. The maximum Gasteiger partial charge on any atom is 0.268 e. The molecule has 34 heavy (non-hydrogen) atoms. The average Bonchev–Trinajstić information content (AvgIpc) is 3.36. The summed E-state index contributed by atoms with van der Waals surface area (Å²) in [6, 6.07) is 12.0. The van der Waals surface area contributed by atoms with E-state index in [9.17, 15) is 9.59 Å². The highest BCUT2D eigenvalue weighted by atomic mass is 35.5. The quantitative estimate of drug-likeness (QED) is 0.462. The molecule has 0 saturated carbocycles. The Morgan fingerprint density at radius 3 is 2.18 bits per heavy atom. The number of nitrogens with zero attached hydrogens (tertiary/aromatic N) is 4. The fraction of sp³-hybridized carbons (Fsp3) is 0.250. The third-order valence-corrected chi connectivity index (χ3v) is 6.08. The van der Waals surface area contributed by atoms with Crippen LogP contribution in [0.2, 0.25) is 10.0 Å². The van der Waals surface area contributed by atoms with Crippen molar-refractivity contribution >= 4 is 52.3 Å². The van der Waals surface area contributed by atoms with Gasteiger partial charge in [0.25, 0.3) is 11.8 Å². The summed E-state index contributed by atoms with van der Waals surface area (Å²) in [6.45, 7) is 4.45. The Morgan fingerprint density at radius 1 is 0.971 bits per heavy atom. The third-order valence-electron chi connectivity index (χ3n) is 5.45. The van der Waals surface area contributed by atoms with Crippen molar-refractivity contribution in [3.05, 3.63) is 76.0 Å². The smallest absolute Gasteiger partial charge is 0.268 e. The summed E-state index contributed by atoms with van der Waals surface area (Å²) in [5.41, 5.74) is 1.94. The first-order valence-corrected chi connectivity index (χ1v) is 11.7. The van der Waals surface area contributed by atoms with E-state index in [1.54, 1.807) is 35.3 Å². The van der Waals surface area contributed by atoms with Gasteiger partial charge in [0.2, 0.25) is 5.95 Å². The van der Waals surface area contributed by atoms with Gasteiger partial charge in [-0.15, -0.1) is 0 Å². The van der Waals surface area contributed by atoms with Crippen LogP contribution in [0.3, 0.4) is 0 Å². The Kier molecular flexibility index (Phi) is 7.62. The van der Waals surface area contributed by atoms with Crippen molar-refractivity contribution in [2.45, 2.75) is 19.8 Å². The highest BCUT2D eigenvalue weighted by molar-refractivity contribution is 6.40. The van der Waals surface area contributed by atoms with E-state index < -0.39 is 5.91 Å². The van der Waals surface area contributed by atoms with Crippen LogP contribution in [0.4, 0.5) is 17.3 Å². The maximum absolute atomic E-state index is 12.9. The highest BCUT2D eigenvalue weighted by Crippen LogP contribution is 2.25. The monoisotopic (exact) mass is 498 g/mol. The second-order valence-electron chi connectivity index (χ2n) is 7.73. The zero-order valence-electron chi connectivity index (χ0n) is 18.6. The molecular formula is C24H24Cl2N6O2. The third kappa shape index (κ3) is 5.47. The van der Waals surface area contributed by atoms with Crippen molar-refractivity contribution in [1.82, 2.24) is 20.0 Å². The Morgan fingerprint density at radius 2 is 1.59 bits per heavy atom. The van der Waals surface area contributed by atoms with Crippen molar-refractivity contribution in [3.8, 4) is 0 Å². The van der Waals surface area contributed by atoms with Crippen LogP contribution in [0.25, 0.3) is 0 Å². The van der Waals surface area contributed by atoms with Gasteiger partial charge in [0.1, 0.15) is 0 Å². The second kappa shape index (κ2) is 10.8. The number of carbonyl (C=O) groups is 2. The topological polar surface area (TPSA) is 90.5 Å². The van der Waals surface area contributed by atoms with E-state index in [1.165, 1.54) is 12.4 Å². The van der Waals surface area contributed by atoms with Crippen molar-refractivity contribution in [2.75, 3.05) is 30.3 Å². The summed E-state index contributed by atoms with van der Waals surface area (Å²) in [4.78, 5) is 33.8. The molecule has 2 amide bonds. The van der Waals surface area contributed by atoms with Crippen LogP contribution >= 0.6 is 23.2 Å². The number of hydrogen-bond donors (Lipinski definition) is 2. The lowest BCUT2D eigenvalue weighted by atomic mass is 10.2. The molecular weight excluding hydrogens is 475 g/mol. The van der Waals surface area contributed by atoms with E-state index in [2.05, 4.69) is 25.6 Å². The number of hydrogen-bond acceptors (Lipinski definition) is 6. The molecule has 1 saturated heterocycles. The van der Waals surface area contributed by atoms with Crippen molar-refractivity contribution in [1.29, 1.82) is 0 Å². The van der Waals surface area contributed by atoms with Crippen LogP contribution in [0.15, 0.2) is 54.9 Å². The number of aromatic nitrogens is 2. The molecule has 0 bridgehead atoms. The summed E-state index contributed by atoms with van der Waals surface area (Å²) >= 11 is 12.2. The zero-order valence-corrected chi connectivity index (χ0v) is 20.1. The summed E-state index contributed by atoms with van der Waals surface area (Å²) in [5, 5.41) is 10.2. The number of hydrazine groups is 1. The molecule has 2 aromatic carbocycles. The Balaban J connectivity index is 1.38. The first kappa shape index (κ1) is 23.9. The molecule has 0 atom stereocenters. The number of amides is 2. The normalized spacial score (nSPS) is 13.5. The predicted octanol–water partition coefficient (Wildman–Crippen LogP) is 5.25. The lowest BCUT2D eigenvalue weighted by Crippen LogP contribution is -2.44. The molecule has 8 nitrogen and oxygen atoms in total. The van der Waals surface area contributed by atoms with Crippen LogP contribution < -0.4 is 10.6 Å². The molecule has 1 aliphatic heterocycles. The molecule has 0 aliphatic carbocycles. The minimum atomic E-state index is -0.449. The average molecular weight is 499 g/mol. The van der Waals surface area contributed by atoms with Gasteiger partial charge in [0.15, 0.2) is 0 Å². The first-order chi connectivity index (χ1) is 16.5. The second-order valence-corrected chi connectivity index (χ2v) is 8.54. The fourth-order valence-corrected chi connectivity index (χ4v) is 4.32. The molecule has 4 rings (SSSR count). The van der Waals surface area contributed by atoms with E-state index in [0.29, 0.717) is 23.7 Å². The molecule has 1 aliphatic rings. The molecule has 1 fully saturated rings. The molecule has 10 heteroatoms. The molecule has 2 N–H and O–H groups in total.